The van der Waals surface area contributed by atoms with Gasteiger partial charge in [0.15, 0.2) is 17.3 Å². The fourth-order valence-corrected chi connectivity index (χ4v) is 3.03. The van der Waals surface area contributed by atoms with Gasteiger partial charge in [-0.05, 0) is 44.9 Å². The third kappa shape index (κ3) is 3.70. The van der Waals surface area contributed by atoms with Crippen molar-refractivity contribution in [2.24, 2.45) is 0 Å². The molecule has 0 N–H and O–H groups in total. The molecule has 25 heavy (non-hydrogen) atoms. The highest BCUT2D eigenvalue weighted by molar-refractivity contribution is 5.78. The second-order valence-corrected chi connectivity index (χ2v) is 6.03. The number of benzene rings is 1. The van der Waals surface area contributed by atoms with Gasteiger partial charge in [0.25, 0.3) is 0 Å². The summed E-state index contributed by atoms with van der Waals surface area (Å²) in [5.41, 5.74) is 1.06. The minimum absolute atomic E-state index is 0.0108. The van der Waals surface area contributed by atoms with E-state index in [0.29, 0.717) is 18.7 Å². The van der Waals surface area contributed by atoms with Crippen molar-refractivity contribution < 1.29 is 23.1 Å². The van der Waals surface area contributed by atoms with Crippen LogP contribution in [0.2, 0.25) is 0 Å². The molecule has 0 spiro atoms. The van der Waals surface area contributed by atoms with Gasteiger partial charge in [-0.2, -0.15) is 0 Å². The summed E-state index contributed by atoms with van der Waals surface area (Å²) in [4.78, 5) is 25.5. The van der Waals surface area contributed by atoms with E-state index in [0.717, 1.165) is 17.1 Å². The van der Waals surface area contributed by atoms with Gasteiger partial charge in [0.1, 0.15) is 5.76 Å². The van der Waals surface area contributed by atoms with Crippen molar-refractivity contribution in [3.63, 3.8) is 0 Å². The Morgan fingerprint density at radius 3 is 2.68 bits per heavy atom. The van der Waals surface area contributed by atoms with Crippen molar-refractivity contribution in [2.75, 3.05) is 13.3 Å². The lowest BCUT2D eigenvalue weighted by Gasteiger charge is -2.28. The summed E-state index contributed by atoms with van der Waals surface area (Å²) in [6.07, 6.45) is 0.696. The van der Waals surface area contributed by atoms with Gasteiger partial charge in [-0.3, -0.25) is 4.79 Å². The summed E-state index contributed by atoms with van der Waals surface area (Å²) in [5.74, 6) is 1.21. The van der Waals surface area contributed by atoms with Crippen LogP contribution < -0.4 is 15.3 Å². The van der Waals surface area contributed by atoms with Gasteiger partial charge in [-0.15, -0.1) is 0 Å². The van der Waals surface area contributed by atoms with Crippen LogP contribution >= 0.6 is 0 Å². The van der Waals surface area contributed by atoms with Crippen LogP contribution in [0.25, 0.3) is 0 Å². The first-order valence-corrected chi connectivity index (χ1v) is 8.25. The largest absolute Gasteiger partial charge is 0.519 e. The van der Waals surface area contributed by atoms with Crippen molar-refractivity contribution in [2.45, 2.75) is 39.7 Å². The molecule has 2 aromatic rings. The van der Waals surface area contributed by atoms with E-state index in [9.17, 15) is 9.59 Å². The summed E-state index contributed by atoms with van der Waals surface area (Å²) in [5, 5.41) is 0. The Labute approximate surface area is 145 Å². The van der Waals surface area contributed by atoms with Crippen molar-refractivity contribution in [3.8, 4) is 11.5 Å². The Bertz CT molecular complexity index is 821. The maximum Gasteiger partial charge on any atom is 0.519 e. The highest BCUT2D eigenvalue weighted by Gasteiger charge is 2.23. The van der Waals surface area contributed by atoms with E-state index >= 15 is 0 Å². The number of rotatable bonds is 6. The van der Waals surface area contributed by atoms with Crippen LogP contribution in [-0.2, 0) is 17.6 Å². The van der Waals surface area contributed by atoms with Crippen LogP contribution in [0.15, 0.2) is 31.8 Å². The van der Waals surface area contributed by atoms with Crippen LogP contribution in [0.5, 0.6) is 11.5 Å². The zero-order chi connectivity index (χ0) is 18.0. The molecule has 0 saturated carbocycles. The Morgan fingerprint density at radius 1 is 1.24 bits per heavy atom. The number of amides is 1. The summed E-state index contributed by atoms with van der Waals surface area (Å²) in [6.45, 7) is 6.32. The number of carbonyl (C=O) groups is 1. The van der Waals surface area contributed by atoms with E-state index < -0.39 is 5.82 Å². The Kier molecular flexibility index (Phi) is 4.83. The van der Waals surface area contributed by atoms with E-state index in [1.165, 1.54) is 0 Å². The first kappa shape index (κ1) is 17.1. The fraction of sp³-hybridized carbons (Fsp3) is 0.444. The monoisotopic (exact) mass is 347 g/mol. The minimum Gasteiger partial charge on any atom is -0.454 e. The van der Waals surface area contributed by atoms with Gasteiger partial charge < -0.3 is 23.2 Å². The number of fused-ring (bicyclic) bond motifs is 1. The van der Waals surface area contributed by atoms with Gasteiger partial charge >= 0.3 is 5.82 Å². The van der Waals surface area contributed by atoms with Gasteiger partial charge in [-0.25, -0.2) is 4.79 Å². The molecule has 0 radical (unpaired) electrons. The zero-order valence-corrected chi connectivity index (χ0v) is 14.5. The Balaban J connectivity index is 1.68. The van der Waals surface area contributed by atoms with Crippen LogP contribution in [0.4, 0.5) is 0 Å². The molecule has 1 unspecified atom stereocenters. The number of hydrogen-bond acceptors (Lipinski definition) is 6. The molecular formula is C18H21NO6. The molecule has 1 aliphatic heterocycles. The molecule has 0 bridgehead atoms. The average molecular weight is 347 g/mol. The van der Waals surface area contributed by atoms with Crippen molar-refractivity contribution in [3.05, 3.63) is 45.9 Å². The van der Waals surface area contributed by atoms with E-state index in [1.54, 1.807) is 11.8 Å². The SMILES string of the molecule is CCN(C(=O)Cc1oc(=O)oc1C)C(C)Cc1ccc2c(c1)OCO2. The van der Waals surface area contributed by atoms with Crippen molar-refractivity contribution >= 4 is 5.91 Å². The molecule has 7 heteroatoms. The molecule has 1 atom stereocenters. The van der Waals surface area contributed by atoms with Gasteiger partial charge in [0.05, 0.1) is 6.42 Å². The fourth-order valence-electron chi connectivity index (χ4n) is 3.03. The highest BCUT2D eigenvalue weighted by atomic mass is 16.7. The maximum absolute atomic E-state index is 12.6. The minimum atomic E-state index is -0.781. The lowest BCUT2D eigenvalue weighted by Crippen LogP contribution is -2.40. The predicted octanol–water partition coefficient (Wildman–Crippen LogP) is 2.29. The number of carbonyl (C=O) groups excluding carboxylic acids is 1. The molecule has 1 aliphatic rings. The van der Waals surface area contributed by atoms with E-state index in [2.05, 4.69) is 0 Å². The predicted molar refractivity (Wildman–Crippen MR) is 88.8 cm³/mol. The number of nitrogens with zero attached hydrogens (tertiary/aromatic N) is 1. The summed E-state index contributed by atoms with van der Waals surface area (Å²) < 4.78 is 20.4. The molecule has 3 rings (SSSR count). The normalized spacial score (nSPS) is 13.7. The standard InChI is InChI=1S/C18H21NO6/c1-4-19(17(20)9-15-12(3)24-18(21)25-15)11(2)7-13-5-6-14-16(8-13)23-10-22-14/h5-6,8,11H,4,7,9-10H2,1-3H3. The second kappa shape index (κ2) is 7.04. The lowest BCUT2D eigenvalue weighted by molar-refractivity contribution is -0.132. The van der Waals surface area contributed by atoms with Crippen LogP contribution in [0.3, 0.4) is 0 Å². The smallest absolute Gasteiger partial charge is 0.454 e. The Morgan fingerprint density at radius 2 is 2.00 bits per heavy atom. The van der Waals surface area contributed by atoms with Crippen LogP contribution in [-0.4, -0.2) is 30.2 Å². The van der Waals surface area contributed by atoms with Gasteiger partial charge in [-0.1, -0.05) is 6.07 Å². The van der Waals surface area contributed by atoms with Crippen molar-refractivity contribution in [1.29, 1.82) is 0 Å². The quantitative estimate of drug-likeness (QED) is 0.797. The first-order valence-electron chi connectivity index (χ1n) is 8.25. The van der Waals surface area contributed by atoms with Crippen molar-refractivity contribution in [1.82, 2.24) is 4.90 Å². The zero-order valence-electron chi connectivity index (χ0n) is 14.5. The van der Waals surface area contributed by atoms with E-state index in [1.807, 2.05) is 32.0 Å². The molecule has 134 valence electrons. The first-order chi connectivity index (χ1) is 12.0. The number of aryl methyl sites for hydroxylation is 1. The number of likely N-dealkylation sites (N-methyl/N-ethyl adjacent to an activating group) is 1. The molecule has 1 aromatic carbocycles. The van der Waals surface area contributed by atoms with E-state index in [-0.39, 0.29) is 30.9 Å². The third-order valence-corrected chi connectivity index (χ3v) is 4.31. The van der Waals surface area contributed by atoms with Gasteiger partial charge in [0, 0.05) is 12.6 Å². The third-order valence-electron chi connectivity index (χ3n) is 4.31. The summed E-state index contributed by atoms with van der Waals surface area (Å²) in [7, 11) is 0. The van der Waals surface area contributed by atoms with Crippen LogP contribution in [0.1, 0.15) is 30.9 Å². The number of ether oxygens (including phenoxy) is 2. The summed E-state index contributed by atoms with van der Waals surface area (Å²) >= 11 is 0. The second-order valence-electron chi connectivity index (χ2n) is 6.03. The maximum atomic E-state index is 12.6. The van der Waals surface area contributed by atoms with Gasteiger partial charge in [0.2, 0.25) is 12.7 Å². The van der Waals surface area contributed by atoms with Crippen LogP contribution in [0, 0.1) is 6.92 Å². The average Bonchev–Trinajstić information content (AvgIpc) is 3.13. The number of hydrogen-bond donors (Lipinski definition) is 0. The Hall–Kier alpha value is -2.70. The molecule has 0 fully saturated rings. The molecule has 7 nitrogen and oxygen atoms in total. The molecular weight excluding hydrogens is 326 g/mol. The lowest BCUT2D eigenvalue weighted by atomic mass is 10.0. The topological polar surface area (TPSA) is 82.1 Å². The molecule has 1 amide bonds. The van der Waals surface area contributed by atoms with E-state index in [4.69, 9.17) is 18.3 Å². The molecule has 2 heterocycles. The molecule has 0 aliphatic carbocycles. The highest BCUT2D eigenvalue weighted by Crippen LogP contribution is 2.33. The molecule has 0 saturated heterocycles. The molecule has 1 aromatic heterocycles. The summed E-state index contributed by atoms with van der Waals surface area (Å²) in [6, 6.07) is 5.78.